The molecule has 0 radical (unpaired) electrons. The predicted octanol–water partition coefficient (Wildman–Crippen LogP) is 5.11. The fourth-order valence-corrected chi connectivity index (χ4v) is 7.09. The van der Waals surface area contributed by atoms with E-state index in [2.05, 4.69) is 41.1 Å². The van der Waals surface area contributed by atoms with Gasteiger partial charge in [-0.1, -0.05) is 6.07 Å². The summed E-state index contributed by atoms with van der Waals surface area (Å²) in [7, 11) is 1.97. The number of anilines is 2. The van der Waals surface area contributed by atoms with Crippen LogP contribution in [0, 0.1) is 30.1 Å². The quantitative estimate of drug-likeness (QED) is 0.519. The maximum atomic E-state index is 13.2. The van der Waals surface area contributed by atoms with E-state index in [4.69, 9.17) is 4.98 Å². The normalized spacial score (nSPS) is 28.8. The molecule has 4 bridgehead atoms. The van der Waals surface area contributed by atoms with E-state index in [9.17, 15) is 4.79 Å². The second-order valence-corrected chi connectivity index (χ2v) is 10.5. The van der Waals surface area contributed by atoms with Crippen molar-refractivity contribution in [1.82, 2.24) is 10.3 Å². The first-order chi connectivity index (χ1) is 15.0. The Kier molecular flexibility index (Phi) is 5.63. The molecule has 4 fully saturated rings. The van der Waals surface area contributed by atoms with Crippen LogP contribution in [0.4, 0.5) is 11.5 Å². The fraction of sp³-hybridized carbons (Fsp3) is 0.615. The standard InChI is InChI=1S/C26H36N4O/c1-17-4-6-22-21(5-7-23(29-22)28-9-3-8-27-2)25(17)30-24(31)16-26-13-18-10-19(14-26)12-20(11-18)15-26/h4-7,18-20,27H,3,8-16H2,1-2H3,(H,28,29)(H,30,31). The minimum atomic E-state index is 0.187. The van der Waals surface area contributed by atoms with E-state index in [-0.39, 0.29) is 11.3 Å². The highest BCUT2D eigenvalue weighted by atomic mass is 16.1. The highest BCUT2D eigenvalue weighted by molar-refractivity contribution is 6.02. The molecule has 2 aromatic rings. The Hall–Kier alpha value is -2.14. The van der Waals surface area contributed by atoms with Crippen LogP contribution in [0.3, 0.4) is 0 Å². The zero-order valence-electron chi connectivity index (χ0n) is 19.0. The number of carbonyl (C=O) groups is 1. The molecule has 0 aliphatic heterocycles. The van der Waals surface area contributed by atoms with Crippen LogP contribution in [0.15, 0.2) is 24.3 Å². The van der Waals surface area contributed by atoms with E-state index in [1.807, 2.05) is 13.1 Å². The average molecular weight is 421 g/mol. The van der Waals surface area contributed by atoms with Crippen LogP contribution in [0.2, 0.25) is 0 Å². The largest absolute Gasteiger partial charge is 0.370 e. The van der Waals surface area contributed by atoms with Crippen LogP contribution in [0.5, 0.6) is 0 Å². The van der Waals surface area contributed by atoms with E-state index in [1.165, 1.54) is 38.5 Å². The molecule has 4 saturated carbocycles. The lowest BCUT2D eigenvalue weighted by atomic mass is 9.49. The summed E-state index contributed by atoms with van der Waals surface area (Å²) in [6.07, 6.45) is 9.79. The molecular weight excluding hydrogens is 384 g/mol. The molecule has 0 atom stereocenters. The number of aryl methyl sites for hydroxylation is 1. The van der Waals surface area contributed by atoms with Crippen molar-refractivity contribution >= 4 is 28.3 Å². The van der Waals surface area contributed by atoms with Crippen molar-refractivity contribution in [3.05, 3.63) is 29.8 Å². The highest BCUT2D eigenvalue weighted by Crippen LogP contribution is 2.61. The van der Waals surface area contributed by atoms with Gasteiger partial charge in [0, 0.05) is 18.4 Å². The molecule has 1 aromatic heterocycles. The van der Waals surface area contributed by atoms with Crippen molar-refractivity contribution in [3.63, 3.8) is 0 Å². The van der Waals surface area contributed by atoms with Gasteiger partial charge in [0.15, 0.2) is 0 Å². The van der Waals surface area contributed by atoms with Crippen LogP contribution in [0.1, 0.15) is 56.9 Å². The number of aromatic nitrogens is 1. The van der Waals surface area contributed by atoms with Crippen LogP contribution in [-0.4, -0.2) is 31.0 Å². The minimum Gasteiger partial charge on any atom is -0.370 e. The Balaban J connectivity index is 1.30. The SMILES string of the molecule is CNCCCNc1ccc2c(NC(=O)CC34CC5CC(CC(C5)C3)C4)c(C)ccc2n1. The van der Waals surface area contributed by atoms with Crippen LogP contribution in [-0.2, 0) is 4.79 Å². The van der Waals surface area contributed by atoms with Gasteiger partial charge in [-0.2, -0.15) is 0 Å². The lowest BCUT2D eigenvalue weighted by Gasteiger charge is -2.56. The third kappa shape index (κ3) is 4.30. The molecule has 31 heavy (non-hydrogen) atoms. The zero-order chi connectivity index (χ0) is 21.4. The van der Waals surface area contributed by atoms with E-state index in [0.717, 1.165) is 65.2 Å². The number of fused-ring (bicyclic) bond motifs is 1. The smallest absolute Gasteiger partial charge is 0.224 e. The molecule has 166 valence electrons. The summed E-state index contributed by atoms with van der Waals surface area (Å²) < 4.78 is 0. The molecule has 0 spiro atoms. The summed E-state index contributed by atoms with van der Waals surface area (Å²) in [6, 6.07) is 8.24. The second kappa shape index (κ2) is 8.42. The van der Waals surface area contributed by atoms with Gasteiger partial charge in [0.25, 0.3) is 0 Å². The maximum absolute atomic E-state index is 13.2. The Morgan fingerprint density at radius 3 is 2.42 bits per heavy atom. The van der Waals surface area contributed by atoms with Crippen molar-refractivity contribution in [2.75, 3.05) is 30.8 Å². The summed E-state index contributed by atoms with van der Waals surface area (Å²) in [6.45, 7) is 3.95. The third-order valence-corrected chi connectivity index (χ3v) is 7.95. The highest BCUT2D eigenvalue weighted by Gasteiger charge is 2.51. The Bertz CT molecular complexity index is 934. The number of nitrogens with one attached hydrogen (secondary N) is 3. The summed E-state index contributed by atoms with van der Waals surface area (Å²) in [4.78, 5) is 18.0. The fourth-order valence-electron chi connectivity index (χ4n) is 7.09. The molecule has 6 rings (SSSR count). The minimum absolute atomic E-state index is 0.187. The molecule has 1 heterocycles. The van der Waals surface area contributed by atoms with Crippen molar-refractivity contribution in [2.24, 2.45) is 23.2 Å². The predicted molar refractivity (Wildman–Crippen MR) is 127 cm³/mol. The number of nitrogens with zero attached hydrogens (tertiary/aromatic N) is 1. The van der Waals surface area contributed by atoms with Gasteiger partial charge in [-0.25, -0.2) is 4.98 Å². The van der Waals surface area contributed by atoms with Crippen molar-refractivity contribution in [3.8, 4) is 0 Å². The molecule has 5 nitrogen and oxygen atoms in total. The van der Waals surface area contributed by atoms with Crippen molar-refractivity contribution < 1.29 is 4.79 Å². The number of rotatable bonds is 8. The summed E-state index contributed by atoms with van der Waals surface area (Å²) in [5.41, 5.74) is 3.22. The average Bonchev–Trinajstić information content (AvgIpc) is 2.72. The Morgan fingerprint density at radius 2 is 1.74 bits per heavy atom. The summed E-state index contributed by atoms with van der Waals surface area (Å²) in [5.74, 6) is 3.70. The monoisotopic (exact) mass is 420 g/mol. The first kappa shape index (κ1) is 20.7. The second-order valence-electron chi connectivity index (χ2n) is 10.5. The molecular formula is C26H36N4O. The maximum Gasteiger partial charge on any atom is 0.224 e. The Morgan fingerprint density at radius 1 is 1.03 bits per heavy atom. The van der Waals surface area contributed by atoms with Crippen LogP contribution >= 0.6 is 0 Å². The van der Waals surface area contributed by atoms with Gasteiger partial charge in [0.1, 0.15) is 5.82 Å². The van der Waals surface area contributed by atoms with E-state index < -0.39 is 0 Å². The molecule has 1 aromatic carbocycles. The van der Waals surface area contributed by atoms with Crippen LogP contribution < -0.4 is 16.0 Å². The van der Waals surface area contributed by atoms with E-state index >= 15 is 0 Å². The van der Waals surface area contributed by atoms with E-state index in [0.29, 0.717) is 6.42 Å². The van der Waals surface area contributed by atoms with Gasteiger partial charge < -0.3 is 16.0 Å². The third-order valence-electron chi connectivity index (χ3n) is 7.95. The molecule has 1 amide bonds. The molecule has 4 aliphatic rings. The van der Waals surface area contributed by atoms with Gasteiger partial charge in [-0.15, -0.1) is 0 Å². The lowest BCUT2D eigenvalue weighted by Crippen LogP contribution is -2.47. The number of benzene rings is 1. The van der Waals surface area contributed by atoms with Gasteiger partial charge >= 0.3 is 0 Å². The molecule has 0 saturated heterocycles. The molecule has 5 heteroatoms. The van der Waals surface area contributed by atoms with Gasteiger partial charge in [0.05, 0.1) is 11.2 Å². The molecule has 0 unspecified atom stereocenters. The van der Waals surface area contributed by atoms with Gasteiger partial charge in [-0.3, -0.25) is 4.79 Å². The lowest BCUT2D eigenvalue weighted by molar-refractivity contribution is -0.124. The first-order valence-corrected chi connectivity index (χ1v) is 12.1. The van der Waals surface area contributed by atoms with Crippen molar-refractivity contribution in [2.45, 2.75) is 58.3 Å². The summed E-state index contributed by atoms with van der Waals surface area (Å²) >= 11 is 0. The number of pyridine rings is 1. The number of amides is 1. The Labute approximate surface area is 185 Å². The topological polar surface area (TPSA) is 66.0 Å². The van der Waals surface area contributed by atoms with Crippen molar-refractivity contribution in [1.29, 1.82) is 0 Å². The van der Waals surface area contributed by atoms with E-state index in [1.54, 1.807) is 0 Å². The van der Waals surface area contributed by atoms with Gasteiger partial charge in [0.2, 0.25) is 5.91 Å². The first-order valence-electron chi connectivity index (χ1n) is 12.1. The molecule has 3 N–H and O–H groups in total. The zero-order valence-corrected chi connectivity index (χ0v) is 19.0. The van der Waals surface area contributed by atoms with Gasteiger partial charge in [-0.05, 0) is 112 Å². The molecule has 4 aliphatic carbocycles. The number of hydrogen-bond acceptors (Lipinski definition) is 4. The summed E-state index contributed by atoms with van der Waals surface area (Å²) in [5, 5.41) is 10.9. The number of carbonyl (C=O) groups excluding carboxylic acids is 1. The van der Waals surface area contributed by atoms with Crippen LogP contribution in [0.25, 0.3) is 10.9 Å². The number of hydrogen-bond donors (Lipinski definition) is 3.